The van der Waals surface area contributed by atoms with E-state index >= 15 is 0 Å². The molecule has 3 heteroatoms. The second-order valence-electron chi connectivity index (χ2n) is 0.447. The minimum atomic E-state index is 1.24. The predicted molar refractivity (Wildman–Crippen MR) is 22.5 cm³/mol. The third-order valence-corrected chi connectivity index (χ3v) is 0.0500. The van der Waals surface area contributed by atoms with Crippen LogP contribution < -0.4 is 0 Å². The van der Waals surface area contributed by atoms with E-state index in [4.69, 9.17) is 15.8 Å². The molecule has 0 saturated heterocycles. The molecule has 0 aliphatic heterocycles. The van der Waals surface area contributed by atoms with E-state index in [1.807, 2.05) is 0 Å². The molecule has 0 aliphatic rings. The Morgan fingerprint density at radius 2 is 1.14 bits per heavy atom. The topological polar surface area (TPSA) is 71.4 Å². The van der Waals surface area contributed by atoms with Crippen LogP contribution in [0.1, 0.15) is 6.92 Å². The third kappa shape index (κ3) is 97.1. The van der Waals surface area contributed by atoms with Crippen LogP contribution in [0.15, 0.2) is 0 Å². The van der Waals surface area contributed by atoms with Gasteiger partial charge >= 0.3 is 0 Å². The lowest BCUT2D eigenvalue weighted by atomic mass is 10.9. The lowest BCUT2D eigenvalue weighted by Crippen LogP contribution is -1.26. The molecule has 0 bridgehead atoms. The van der Waals surface area contributed by atoms with Crippen molar-refractivity contribution in [1.29, 1.82) is 15.8 Å². The Kier molecular flexibility index (Phi) is 32.3. The molecule has 0 rings (SSSR count). The van der Waals surface area contributed by atoms with E-state index in [2.05, 4.69) is 0 Å². The molecule has 0 heterocycles. The van der Waals surface area contributed by atoms with Crippen molar-refractivity contribution >= 4 is 0 Å². The van der Waals surface area contributed by atoms with Gasteiger partial charge in [-0.05, 0) is 0 Å². The SMILES string of the molecule is CC#N.N#CC#N. The van der Waals surface area contributed by atoms with Gasteiger partial charge in [0.1, 0.15) is 0 Å². The average Bonchev–Trinajstić information content (AvgIpc) is 1.69. The second kappa shape index (κ2) is 24.9. The second-order valence-corrected chi connectivity index (χ2v) is 0.447. The van der Waals surface area contributed by atoms with Gasteiger partial charge in [-0.3, -0.25) is 0 Å². The number of hydrogen-bond donors (Lipinski definition) is 0. The molecular formula is C4H3N3. The quantitative estimate of drug-likeness (QED) is 0.439. The zero-order valence-electron chi connectivity index (χ0n) is 3.84. The van der Waals surface area contributed by atoms with Gasteiger partial charge in [-0.2, -0.15) is 15.8 Å². The maximum Gasteiger partial charge on any atom is 0.181 e. The summed E-state index contributed by atoms with van der Waals surface area (Å²) in [6, 6.07) is 4.22. The summed E-state index contributed by atoms with van der Waals surface area (Å²) in [4.78, 5) is 0. The number of hydrogen-bond acceptors (Lipinski definition) is 3. The van der Waals surface area contributed by atoms with Gasteiger partial charge in [0.2, 0.25) is 0 Å². The largest absolute Gasteiger partial charge is 0.199 e. The first-order valence-electron chi connectivity index (χ1n) is 1.42. The first-order chi connectivity index (χ1) is 3.33. The molecule has 0 aromatic rings. The van der Waals surface area contributed by atoms with E-state index in [0.29, 0.717) is 0 Å². The van der Waals surface area contributed by atoms with Gasteiger partial charge in [0.25, 0.3) is 0 Å². The van der Waals surface area contributed by atoms with Crippen molar-refractivity contribution in [3.8, 4) is 18.2 Å². The van der Waals surface area contributed by atoms with Gasteiger partial charge < -0.3 is 0 Å². The van der Waals surface area contributed by atoms with Gasteiger partial charge in [-0.25, -0.2) is 0 Å². The summed E-state index contributed by atoms with van der Waals surface area (Å²) in [5.74, 6) is 0. The van der Waals surface area contributed by atoms with Crippen LogP contribution in [0.3, 0.4) is 0 Å². The van der Waals surface area contributed by atoms with Crippen LogP contribution in [0.2, 0.25) is 0 Å². The summed E-state index contributed by atoms with van der Waals surface area (Å²) >= 11 is 0. The minimum absolute atomic E-state index is 1.24. The first-order valence-corrected chi connectivity index (χ1v) is 1.42. The smallest absolute Gasteiger partial charge is 0.181 e. The molecule has 0 unspecified atom stereocenters. The molecule has 0 aromatic carbocycles. The standard InChI is InChI=1S/C2N2.C2H3N/c3-1-2-4;1-2-3/h;1H3. The van der Waals surface area contributed by atoms with E-state index in [-0.39, 0.29) is 0 Å². The van der Waals surface area contributed by atoms with E-state index in [9.17, 15) is 0 Å². The van der Waals surface area contributed by atoms with Gasteiger partial charge in [0, 0.05) is 6.92 Å². The van der Waals surface area contributed by atoms with Gasteiger partial charge in [0.05, 0.1) is 6.07 Å². The Labute approximate surface area is 42.0 Å². The number of nitriles is 3. The van der Waals surface area contributed by atoms with Crippen molar-refractivity contribution in [3.05, 3.63) is 0 Å². The monoisotopic (exact) mass is 93.0 g/mol. The van der Waals surface area contributed by atoms with Crippen LogP contribution in [-0.4, -0.2) is 0 Å². The fourth-order valence-electron chi connectivity index (χ4n) is 0. The van der Waals surface area contributed by atoms with Crippen LogP contribution in [0, 0.1) is 34.0 Å². The first kappa shape index (κ1) is 9.08. The molecule has 34 valence electrons. The van der Waals surface area contributed by atoms with Crippen molar-refractivity contribution < 1.29 is 0 Å². The number of rotatable bonds is 0. The molecule has 0 N–H and O–H groups in total. The summed E-state index contributed by atoms with van der Waals surface area (Å²) in [6.45, 7) is 1.43. The van der Waals surface area contributed by atoms with E-state index in [0.717, 1.165) is 0 Å². The van der Waals surface area contributed by atoms with Crippen LogP contribution in [0.5, 0.6) is 0 Å². The zero-order valence-corrected chi connectivity index (χ0v) is 3.84. The summed E-state index contributed by atoms with van der Waals surface area (Å²) in [5.41, 5.74) is 0. The van der Waals surface area contributed by atoms with Crippen molar-refractivity contribution in [1.82, 2.24) is 0 Å². The highest BCUT2D eigenvalue weighted by atomic mass is 14.3. The molecule has 0 fully saturated rings. The zero-order chi connectivity index (χ0) is 6.12. The van der Waals surface area contributed by atoms with Crippen molar-refractivity contribution in [2.45, 2.75) is 6.92 Å². The van der Waals surface area contributed by atoms with Gasteiger partial charge in [0.15, 0.2) is 12.1 Å². The predicted octanol–water partition coefficient (Wildman–Crippen LogP) is 0.563. The molecule has 0 aromatic heterocycles. The summed E-state index contributed by atoms with van der Waals surface area (Å²) in [5, 5.41) is 21.8. The van der Waals surface area contributed by atoms with Crippen LogP contribution in [-0.2, 0) is 0 Å². The Hall–Kier alpha value is -1.53. The molecular weight excluding hydrogens is 90.1 g/mol. The lowest BCUT2D eigenvalue weighted by molar-refractivity contribution is 1.49. The Morgan fingerprint density at radius 1 is 1.00 bits per heavy atom. The van der Waals surface area contributed by atoms with Crippen LogP contribution in [0.4, 0.5) is 0 Å². The van der Waals surface area contributed by atoms with Crippen molar-refractivity contribution in [2.75, 3.05) is 0 Å². The van der Waals surface area contributed by atoms with Crippen molar-refractivity contribution in [3.63, 3.8) is 0 Å². The fraction of sp³-hybridized carbons (Fsp3) is 0.250. The highest BCUT2D eigenvalue weighted by molar-refractivity contribution is 4.99. The Balaban J connectivity index is 0. The summed E-state index contributed by atoms with van der Waals surface area (Å²) in [7, 11) is 0. The van der Waals surface area contributed by atoms with Crippen LogP contribution in [0.25, 0.3) is 0 Å². The van der Waals surface area contributed by atoms with Gasteiger partial charge in [-0.1, -0.05) is 0 Å². The Bertz CT molecular complexity index is 116. The molecule has 0 aliphatic carbocycles. The maximum atomic E-state index is 7.32. The molecule has 3 nitrogen and oxygen atoms in total. The maximum absolute atomic E-state index is 7.32. The molecule has 0 saturated carbocycles. The molecule has 7 heavy (non-hydrogen) atoms. The average molecular weight is 93.1 g/mol. The highest BCUT2D eigenvalue weighted by Gasteiger charge is 1.39. The molecule has 0 radical (unpaired) electrons. The molecule has 0 amide bonds. The number of nitrogens with zero attached hydrogens (tertiary/aromatic N) is 3. The molecule has 0 atom stereocenters. The summed E-state index contributed by atoms with van der Waals surface area (Å²) in [6.07, 6.45) is 0. The minimum Gasteiger partial charge on any atom is -0.199 e. The lowest BCUT2D eigenvalue weighted by Gasteiger charge is -1.16. The fourth-order valence-corrected chi connectivity index (χ4v) is 0. The molecule has 0 spiro atoms. The van der Waals surface area contributed by atoms with E-state index in [1.54, 1.807) is 6.07 Å². The van der Waals surface area contributed by atoms with Crippen LogP contribution >= 0.6 is 0 Å². The summed E-state index contributed by atoms with van der Waals surface area (Å²) < 4.78 is 0. The Morgan fingerprint density at radius 3 is 1.14 bits per heavy atom. The van der Waals surface area contributed by atoms with Gasteiger partial charge in [-0.15, -0.1) is 0 Å². The third-order valence-electron chi connectivity index (χ3n) is 0.0500. The highest BCUT2D eigenvalue weighted by Crippen LogP contribution is 1.27. The normalized spacial score (nSPS) is 2.57. The van der Waals surface area contributed by atoms with Crippen molar-refractivity contribution in [2.24, 2.45) is 0 Å². The van der Waals surface area contributed by atoms with E-state index < -0.39 is 0 Å². The van der Waals surface area contributed by atoms with E-state index in [1.165, 1.54) is 19.1 Å².